The molecule has 0 saturated carbocycles. The molecule has 0 aromatic carbocycles. The second-order valence-electron chi connectivity index (χ2n) is 4.94. The minimum atomic E-state index is -0.566. The summed E-state index contributed by atoms with van der Waals surface area (Å²) in [7, 11) is 1.57. The van der Waals surface area contributed by atoms with Crippen molar-refractivity contribution in [1.29, 1.82) is 0 Å². The van der Waals surface area contributed by atoms with Crippen molar-refractivity contribution in [3.8, 4) is 5.75 Å². The van der Waals surface area contributed by atoms with Crippen LogP contribution in [0.15, 0.2) is 6.20 Å². The molecule has 0 spiro atoms. The summed E-state index contributed by atoms with van der Waals surface area (Å²) in [6, 6.07) is 0. The Balaban J connectivity index is 3.22. The van der Waals surface area contributed by atoms with E-state index in [1.807, 2.05) is 20.8 Å². The van der Waals surface area contributed by atoms with Crippen LogP contribution in [-0.4, -0.2) is 46.2 Å². The van der Waals surface area contributed by atoms with Gasteiger partial charge < -0.3 is 4.74 Å². The van der Waals surface area contributed by atoms with Gasteiger partial charge in [0.05, 0.1) is 18.8 Å². The largest absolute Gasteiger partial charge is 0.493 e. The molecule has 1 aromatic heterocycles. The number of carbonyl (C=O) groups excluding carboxylic acids is 1. The number of aromatic nitrogens is 2. The first-order valence-corrected chi connectivity index (χ1v) is 6.83. The summed E-state index contributed by atoms with van der Waals surface area (Å²) >= 11 is 0. The number of aryl methyl sites for hydroxylation is 1. The van der Waals surface area contributed by atoms with Crippen molar-refractivity contribution in [3.63, 3.8) is 0 Å². The maximum absolute atomic E-state index is 12.9. The molecule has 1 aromatic rings. The molecule has 0 N–H and O–H groups in total. The van der Waals surface area contributed by atoms with Crippen molar-refractivity contribution in [2.45, 2.75) is 46.7 Å². The Morgan fingerprint density at radius 2 is 1.95 bits per heavy atom. The number of hydrogen-bond acceptors (Lipinski definition) is 4. The molecular weight excluding hydrogens is 242 g/mol. The van der Waals surface area contributed by atoms with Gasteiger partial charge in [-0.3, -0.25) is 14.4 Å². The number of hydrogen-bond donors (Lipinski definition) is 0. The molecule has 108 valence electrons. The van der Waals surface area contributed by atoms with E-state index >= 15 is 0 Å². The standard InChI is InChI=1S/C14H25N3O2/c1-7-16(8-2)14(4,5)13(18)12-11(19-6)10-15-17(12)9-3/h10H,7-9H2,1-6H3. The van der Waals surface area contributed by atoms with Gasteiger partial charge in [-0.2, -0.15) is 5.10 Å². The summed E-state index contributed by atoms with van der Waals surface area (Å²) in [5, 5.41) is 4.20. The zero-order valence-corrected chi connectivity index (χ0v) is 12.9. The topological polar surface area (TPSA) is 47.4 Å². The van der Waals surface area contributed by atoms with Gasteiger partial charge in [0, 0.05) is 6.54 Å². The summed E-state index contributed by atoms with van der Waals surface area (Å²) in [5.74, 6) is 0.597. The van der Waals surface area contributed by atoms with Crippen molar-refractivity contribution in [2.75, 3.05) is 20.2 Å². The highest BCUT2D eigenvalue weighted by Crippen LogP contribution is 2.26. The monoisotopic (exact) mass is 267 g/mol. The van der Waals surface area contributed by atoms with E-state index in [0.717, 1.165) is 13.1 Å². The van der Waals surface area contributed by atoms with E-state index in [9.17, 15) is 4.79 Å². The summed E-state index contributed by atoms with van der Waals surface area (Å²) in [4.78, 5) is 15.0. The molecule has 0 bridgehead atoms. The summed E-state index contributed by atoms with van der Waals surface area (Å²) in [6.45, 7) is 12.3. The maximum Gasteiger partial charge on any atom is 0.204 e. The molecule has 0 aliphatic rings. The highest BCUT2D eigenvalue weighted by molar-refractivity contribution is 6.03. The van der Waals surface area contributed by atoms with E-state index in [2.05, 4.69) is 23.8 Å². The fraction of sp³-hybridized carbons (Fsp3) is 0.714. The van der Waals surface area contributed by atoms with Crippen LogP contribution in [0.1, 0.15) is 45.1 Å². The van der Waals surface area contributed by atoms with Gasteiger partial charge in [0.1, 0.15) is 5.69 Å². The zero-order valence-electron chi connectivity index (χ0n) is 12.9. The third-order valence-corrected chi connectivity index (χ3v) is 3.65. The fourth-order valence-electron chi connectivity index (χ4n) is 2.43. The molecular formula is C14H25N3O2. The minimum Gasteiger partial charge on any atom is -0.493 e. The Morgan fingerprint density at radius 3 is 2.37 bits per heavy atom. The lowest BCUT2D eigenvalue weighted by molar-refractivity contribution is 0.0654. The van der Waals surface area contributed by atoms with E-state index in [1.165, 1.54) is 0 Å². The van der Waals surface area contributed by atoms with Gasteiger partial charge >= 0.3 is 0 Å². The lowest BCUT2D eigenvalue weighted by atomic mass is 9.93. The number of methoxy groups -OCH3 is 1. The quantitative estimate of drug-likeness (QED) is 0.711. The smallest absolute Gasteiger partial charge is 0.204 e. The zero-order chi connectivity index (χ0) is 14.6. The number of carbonyl (C=O) groups is 1. The normalized spacial score (nSPS) is 11.9. The van der Waals surface area contributed by atoms with Gasteiger partial charge in [0.15, 0.2) is 5.75 Å². The molecule has 5 heteroatoms. The molecule has 0 unspecified atom stereocenters. The van der Waals surface area contributed by atoms with Crippen molar-refractivity contribution in [1.82, 2.24) is 14.7 Å². The highest BCUT2D eigenvalue weighted by atomic mass is 16.5. The van der Waals surface area contributed by atoms with Crippen molar-refractivity contribution in [2.24, 2.45) is 0 Å². The SMILES string of the molecule is CCN(CC)C(C)(C)C(=O)c1c(OC)cnn1CC. The van der Waals surface area contributed by atoms with Gasteiger partial charge in [0.2, 0.25) is 5.78 Å². The summed E-state index contributed by atoms with van der Waals surface area (Å²) < 4.78 is 6.97. The van der Waals surface area contributed by atoms with E-state index in [-0.39, 0.29) is 5.78 Å². The number of ether oxygens (including phenoxy) is 1. The lowest BCUT2D eigenvalue weighted by Gasteiger charge is -2.35. The second kappa shape index (κ2) is 6.19. The fourth-order valence-corrected chi connectivity index (χ4v) is 2.43. The first kappa shape index (κ1) is 15.7. The Morgan fingerprint density at radius 1 is 1.37 bits per heavy atom. The van der Waals surface area contributed by atoms with E-state index in [1.54, 1.807) is 18.0 Å². The third kappa shape index (κ3) is 2.81. The predicted octanol–water partition coefficient (Wildman–Crippen LogP) is 2.21. The predicted molar refractivity (Wildman–Crippen MR) is 75.8 cm³/mol. The Labute approximate surface area is 115 Å². The molecule has 5 nitrogen and oxygen atoms in total. The number of ketones is 1. The first-order chi connectivity index (χ1) is 8.93. The number of Topliss-reactive ketones (excluding diaryl/α,β-unsaturated/α-hetero) is 1. The van der Waals surface area contributed by atoms with Crippen LogP contribution in [0.2, 0.25) is 0 Å². The van der Waals surface area contributed by atoms with Gasteiger partial charge in [-0.25, -0.2) is 0 Å². The molecule has 0 radical (unpaired) electrons. The van der Waals surface area contributed by atoms with Crippen LogP contribution in [0, 0.1) is 0 Å². The van der Waals surface area contributed by atoms with Crippen LogP contribution >= 0.6 is 0 Å². The molecule has 1 heterocycles. The van der Waals surface area contributed by atoms with Crippen LogP contribution in [0.25, 0.3) is 0 Å². The highest BCUT2D eigenvalue weighted by Gasteiger charge is 2.37. The molecule has 19 heavy (non-hydrogen) atoms. The molecule has 0 atom stereocenters. The molecule has 1 rings (SSSR count). The van der Waals surface area contributed by atoms with Crippen LogP contribution in [0.5, 0.6) is 5.75 Å². The van der Waals surface area contributed by atoms with E-state index in [0.29, 0.717) is 18.0 Å². The van der Waals surface area contributed by atoms with Crippen molar-refractivity contribution >= 4 is 5.78 Å². The summed E-state index contributed by atoms with van der Waals surface area (Å²) in [5.41, 5.74) is -0.00843. The maximum atomic E-state index is 12.9. The van der Waals surface area contributed by atoms with E-state index < -0.39 is 5.54 Å². The van der Waals surface area contributed by atoms with Gasteiger partial charge in [-0.05, 0) is 33.9 Å². The van der Waals surface area contributed by atoms with Crippen LogP contribution in [0.3, 0.4) is 0 Å². The average Bonchev–Trinajstić information content (AvgIpc) is 2.81. The second-order valence-corrected chi connectivity index (χ2v) is 4.94. The van der Waals surface area contributed by atoms with Crippen LogP contribution < -0.4 is 4.74 Å². The molecule has 0 aliphatic heterocycles. The van der Waals surface area contributed by atoms with Gasteiger partial charge in [-0.15, -0.1) is 0 Å². The first-order valence-electron chi connectivity index (χ1n) is 6.83. The van der Waals surface area contributed by atoms with Crippen LogP contribution in [0.4, 0.5) is 0 Å². The van der Waals surface area contributed by atoms with E-state index in [4.69, 9.17) is 4.74 Å². The van der Waals surface area contributed by atoms with Crippen molar-refractivity contribution < 1.29 is 9.53 Å². The molecule has 0 saturated heterocycles. The van der Waals surface area contributed by atoms with Gasteiger partial charge in [0.25, 0.3) is 0 Å². The minimum absolute atomic E-state index is 0.0485. The third-order valence-electron chi connectivity index (χ3n) is 3.65. The van der Waals surface area contributed by atoms with Gasteiger partial charge in [-0.1, -0.05) is 13.8 Å². The Kier molecular flexibility index (Phi) is 5.11. The average molecular weight is 267 g/mol. The lowest BCUT2D eigenvalue weighted by Crippen LogP contribution is -2.50. The number of rotatable bonds is 7. The number of likely N-dealkylation sites (N-methyl/N-ethyl adjacent to an activating group) is 1. The Bertz CT molecular complexity index is 412. The summed E-state index contributed by atoms with van der Waals surface area (Å²) in [6.07, 6.45) is 1.61. The molecule has 0 aliphatic carbocycles. The Hall–Kier alpha value is -1.36. The number of nitrogens with zero attached hydrogens (tertiary/aromatic N) is 3. The van der Waals surface area contributed by atoms with Crippen molar-refractivity contribution in [3.05, 3.63) is 11.9 Å². The molecule has 0 fully saturated rings. The molecule has 0 amide bonds. The van der Waals surface area contributed by atoms with Crippen LogP contribution in [-0.2, 0) is 6.54 Å².